The summed E-state index contributed by atoms with van der Waals surface area (Å²) in [6.45, 7) is 0. The lowest BCUT2D eigenvalue weighted by Crippen LogP contribution is -2.13. The minimum atomic E-state index is 0.624. The molecule has 1 saturated carbocycles. The molecule has 0 heterocycles. The zero-order chi connectivity index (χ0) is 10.7. The molecule has 15 heavy (non-hydrogen) atoms. The van der Waals surface area contributed by atoms with Crippen LogP contribution in [0.25, 0.3) is 0 Å². The lowest BCUT2D eigenvalue weighted by Gasteiger charge is -2.16. The van der Waals surface area contributed by atoms with Crippen LogP contribution >= 0.6 is 27.5 Å². The van der Waals surface area contributed by atoms with Gasteiger partial charge in [-0.2, -0.15) is 0 Å². The summed E-state index contributed by atoms with van der Waals surface area (Å²) in [5.41, 5.74) is 1.34. The van der Waals surface area contributed by atoms with Crippen LogP contribution in [0.2, 0.25) is 5.02 Å². The van der Waals surface area contributed by atoms with Crippen molar-refractivity contribution in [2.45, 2.75) is 36.9 Å². The van der Waals surface area contributed by atoms with Gasteiger partial charge in [0.15, 0.2) is 0 Å². The van der Waals surface area contributed by atoms with Crippen LogP contribution in [-0.4, -0.2) is 4.83 Å². The first kappa shape index (κ1) is 11.5. The molecule has 0 amide bonds. The molecule has 1 aromatic rings. The molecule has 0 spiro atoms. The van der Waals surface area contributed by atoms with Crippen LogP contribution in [0.1, 0.15) is 31.2 Å². The highest BCUT2D eigenvalue weighted by Gasteiger charge is 2.22. The Hall–Kier alpha value is -0.0100. The number of hydrogen-bond acceptors (Lipinski definition) is 0. The molecule has 0 radical (unpaired) electrons. The van der Waals surface area contributed by atoms with E-state index in [1.165, 1.54) is 31.2 Å². The van der Waals surface area contributed by atoms with E-state index in [1.807, 2.05) is 12.1 Å². The smallest absolute Gasteiger partial charge is 0.0408 e. The van der Waals surface area contributed by atoms with Gasteiger partial charge in [-0.3, -0.25) is 0 Å². The summed E-state index contributed by atoms with van der Waals surface area (Å²) in [6, 6.07) is 8.20. The van der Waals surface area contributed by atoms with Crippen molar-refractivity contribution in [2.75, 3.05) is 0 Å². The van der Waals surface area contributed by atoms with Gasteiger partial charge >= 0.3 is 0 Å². The van der Waals surface area contributed by atoms with Gasteiger partial charge in [0.1, 0.15) is 0 Å². The number of benzene rings is 1. The third-order valence-electron chi connectivity index (χ3n) is 3.23. The van der Waals surface area contributed by atoms with Crippen LogP contribution in [-0.2, 0) is 6.42 Å². The SMILES string of the molecule is Clc1cccc(CC(Br)C2CCCC2)c1. The van der Waals surface area contributed by atoms with Crippen molar-refractivity contribution in [2.24, 2.45) is 5.92 Å². The van der Waals surface area contributed by atoms with Crippen LogP contribution in [0.15, 0.2) is 24.3 Å². The fraction of sp³-hybridized carbons (Fsp3) is 0.538. The molecule has 0 saturated heterocycles. The highest BCUT2D eigenvalue weighted by atomic mass is 79.9. The molecule has 0 bridgehead atoms. The monoisotopic (exact) mass is 286 g/mol. The zero-order valence-corrected chi connectivity index (χ0v) is 11.1. The summed E-state index contributed by atoms with van der Waals surface area (Å²) in [7, 11) is 0. The molecular formula is C13H16BrCl. The fourth-order valence-electron chi connectivity index (χ4n) is 2.37. The first-order chi connectivity index (χ1) is 7.25. The second kappa shape index (κ2) is 5.36. The van der Waals surface area contributed by atoms with E-state index in [2.05, 4.69) is 28.1 Å². The van der Waals surface area contributed by atoms with Gasteiger partial charge in [-0.25, -0.2) is 0 Å². The van der Waals surface area contributed by atoms with Gasteiger partial charge in [0.2, 0.25) is 0 Å². The van der Waals surface area contributed by atoms with Gasteiger partial charge in [-0.1, -0.05) is 52.5 Å². The third kappa shape index (κ3) is 3.22. The van der Waals surface area contributed by atoms with Crippen molar-refractivity contribution in [3.63, 3.8) is 0 Å². The average Bonchev–Trinajstić information content (AvgIpc) is 2.70. The van der Waals surface area contributed by atoms with Crippen LogP contribution in [0.4, 0.5) is 0 Å². The maximum atomic E-state index is 5.97. The molecule has 2 heteroatoms. The Labute approximate surface area is 105 Å². The predicted octanol–water partition coefficient (Wildman–Crippen LogP) is 4.84. The summed E-state index contributed by atoms with van der Waals surface area (Å²) in [4.78, 5) is 0.624. The Bertz CT molecular complexity index is 318. The Balaban J connectivity index is 1.95. The number of alkyl halides is 1. The van der Waals surface area contributed by atoms with E-state index < -0.39 is 0 Å². The molecule has 82 valence electrons. The number of hydrogen-bond donors (Lipinski definition) is 0. The predicted molar refractivity (Wildman–Crippen MR) is 69.8 cm³/mol. The van der Waals surface area contributed by atoms with E-state index in [0.29, 0.717) is 4.83 Å². The molecule has 0 N–H and O–H groups in total. The summed E-state index contributed by atoms with van der Waals surface area (Å²) < 4.78 is 0. The van der Waals surface area contributed by atoms with Crippen molar-refractivity contribution in [3.8, 4) is 0 Å². The highest BCUT2D eigenvalue weighted by Crippen LogP contribution is 2.33. The maximum Gasteiger partial charge on any atom is 0.0408 e. The van der Waals surface area contributed by atoms with Crippen molar-refractivity contribution < 1.29 is 0 Å². The minimum Gasteiger partial charge on any atom is -0.0884 e. The second-order valence-electron chi connectivity index (χ2n) is 4.39. The molecular weight excluding hydrogens is 272 g/mol. The number of rotatable bonds is 3. The zero-order valence-electron chi connectivity index (χ0n) is 8.76. The van der Waals surface area contributed by atoms with Crippen LogP contribution in [0.5, 0.6) is 0 Å². The Morgan fingerprint density at radius 1 is 1.33 bits per heavy atom. The normalized spacial score (nSPS) is 19.3. The van der Waals surface area contributed by atoms with E-state index in [9.17, 15) is 0 Å². The first-order valence-electron chi connectivity index (χ1n) is 5.64. The molecule has 1 aliphatic rings. The van der Waals surface area contributed by atoms with Gasteiger partial charge in [0.25, 0.3) is 0 Å². The standard InChI is InChI=1S/C13H16BrCl/c14-13(11-5-1-2-6-11)9-10-4-3-7-12(15)8-10/h3-4,7-8,11,13H,1-2,5-6,9H2. The maximum absolute atomic E-state index is 5.97. The average molecular weight is 288 g/mol. The highest BCUT2D eigenvalue weighted by molar-refractivity contribution is 9.09. The van der Waals surface area contributed by atoms with E-state index in [-0.39, 0.29) is 0 Å². The summed E-state index contributed by atoms with van der Waals surface area (Å²) >= 11 is 9.80. The van der Waals surface area contributed by atoms with E-state index in [1.54, 1.807) is 0 Å². The lowest BCUT2D eigenvalue weighted by molar-refractivity contribution is 0.525. The van der Waals surface area contributed by atoms with E-state index in [4.69, 9.17) is 11.6 Å². The van der Waals surface area contributed by atoms with Gasteiger partial charge in [-0.15, -0.1) is 0 Å². The fourth-order valence-corrected chi connectivity index (χ4v) is 3.49. The Morgan fingerprint density at radius 3 is 2.73 bits per heavy atom. The largest absolute Gasteiger partial charge is 0.0884 e. The topological polar surface area (TPSA) is 0 Å². The first-order valence-corrected chi connectivity index (χ1v) is 6.93. The van der Waals surface area contributed by atoms with Crippen molar-refractivity contribution in [1.82, 2.24) is 0 Å². The molecule has 1 aliphatic carbocycles. The second-order valence-corrected chi connectivity index (χ2v) is 6.01. The number of halogens is 2. The minimum absolute atomic E-state index is 0.624. The summed E-state index contributed by atoms with van der Waals surface area (Å²) in [5, 5.41) is 0.846. The van der Waals surface area contributed by atoms with Crippen LogP contribution in [0.3, 0.4) is 0 Å². The third-order valence-corrected chi connectivity index (χ3v) is 4.54. The molecule has 2 rings (SSSR count). The quantitative estimate of drug-likeness (QED) is 0.698. The van der Waals surface area contributed by atoms with Crippen molar-refractivity contribution in [1.29, 1.82) is 0 Å². The Morgan fingerprint density at radius 2 is 2.07 bits per heavy atom. The van der Waals surface area contributed by atoms with E-state index >= 15 is 0 Å². The van der Waals surface area contributed by atoms with Crippen molar-refractivity contribution in [3.05, 3.63) is 34.9 Å². The molecule has 1 aromatic carbocycles. The van der Waals surface area contributed by atoms with E-state index in [0.717, 1.165) is 17.4 Å². The van der Waals surface area contributed by atoms with Gasteiger partial charge < -0.3 is 0 Å². The molecule has 1 fully saturated rings. The lowest BCUT2D eigenvalue weighted by atomic mass is 9.98. The van der Waals surface area contributed by atoms with Gasteiger partial charge in [-0.05, 0) is 42.9 Å². The summed E-state index contributed by atoms with van der Waals surface area (Å²) in [6.07, 6.45) is 6.68. The Kier molecular flexibility index (Phi) is 4.10. The van der Waals surface area contributed by atoms with Gasteiger partial charge in [0, 0.05) is 9.85 Å². The van der Waals surface area contributed by atoms with Gasteiger partial charge in [0.05, 0.1) is 0 Å². The molecule has 1 unspecified atom stereocenters. The van der Waals surface area contributed by atoms with Crippen LogP contribution in [0, 0.1) is 5.92 Å². The summed E-state index contributed by atoms with van der Waals surface area (Å²) in [5.74, 6) is 0.865. The molecule has 0 aliphatic heterocycles. The van der Waals surface area contributed by atoms with Crippen LogP contribution < -0.4 is 0 Å². The van der Waals surface area contributed by atoms with Crippen molar-refractivity contribution >= 4 is 27.5 Å². The molecule has 0 aromatic heterocycles. The molecule has 0 nitrogen and oxygen atoms in total. The molecule has 1 atom stereocenters.